The fourth-order valence-electron chi connectivity index (χ4n) is 3.92. The van der Waals surface area contributed by atoms with E-state index in [0.29, 0.717) is 6.07 Å². The van der Waals surface area contributed by atoms with E-state index in [0.717, 1.165) is 16.7 Å². The number of pyridine rings is 1. The number of hydrogen-bond acceptors (Lipinski definition) is 7. The Hall–Kier alpha value is -4.95. The maximum Gasteiger partial charge on any atom is 0.267 e. The van der Waals surface area contributed by atoms with Gasteiger partial charge >= 0.3 is 0 Å². The Kier molecular flexibility index (Phi) is 6.87. The van der Waals surface area contributed by atoms with E-state index in [4.69, 9.17) is 17.3 Å². The zero-order valence-electron chi connectivity index (χ0n) is 20.1. The molecule has 0 amide bonds. The fourth-order valence-corrected chi connectivity index (χ4v) is 4.17. The molecule has 194 valence electrons. The third-order valence-corrected chi connectivity index (χ3v) is 5.97. The normalized spacial score (nSPS) is 11.6. The molecule has 2 aromatic carbocycles. The van der Waals surface area contributed by atoms with E-state index in [1.165, 1.54) is 30.7 Å². The zero-order valence-corrected chi connectivity index (χ0v) is 20.8. The molecule has 0 bridgehead atoms. The average molecular weight is 548 g/mol. The minimum atomic E-state index is -0.884. The van der Waals surface area contributed by atoms with Crippen molar-refractivity contribution in [2.75, 3.05) is 11.1 Å². The van der Waals surface area contributed by atoms with E-state index in [1.54, 1.807) is 19.1 Å². The molecular formula is C27H17ClF3N7O. The van der Waals surface area contributed by atoms with Gasteiger partial charge in [0.25, 0.3) is 5.56 Å². The summed E-state index contributed by atoms with van der Waals surface area (Å²) in [5, 5.41) is 3.28. The number of nitrogens with one attached hydrogen (secondary N) is 1. The lowest BCUT2D eigenvalue weighted by Gasteiger charge is -2.21. The Bertz CT molecular complexity index is 1850. The molecule has 5 aromatic rings. The van der Waals surface area contributed by atoms with Crippen molar-refractivity contribution in [2.24, 2.45) is 0 Å². The Labute approximate surface area is 224 Å². The van der Waals surface area contributed by atoms with E-state index in [1.807, 2.05) is 0 Å². The van der Waals surface area contributed by atoms with Crippen LogP contribution in [0.15, 0.2) is 65.8 Å². The number of nitrogen functional groups attached to an aromatic ring is 1. The first-order valence-corrected chi connectivity index (χ1v) is 11.8. The van der Waals surface area contributed by atoms with Crippen molar-refractivity contribution in [3.63, 3.8) is 0 Å². The van der Waals surface area contributed by atoms with Crippen molar-refractivity contribution in [3.8, 4) is 17.5 Å². The maximum atomic E-state index is 14.2. The van der Waals surface area contributed by atoms with Gasteiger partial charge in [0.15, 0.2) is 5.82 Å². The molecule has 5 rings (SSSR count). The summed E-state index contributed by atoms with van der Waals surface area (Å²) in [6.45, 7) is 1.65. The highest BCUT2D eigenvalue weighted by Gasteiger charge is 2.22. The van der Waals surface area contributed by atoms with Crippen molar-refractivity contribution in [1.29, 1.82) is 0 Å². The molecule has 0 saturated carbocycles. The van der Waals surface area contributed by atoms with Gasteiger partial charge in [0.05, 0.1) is 27.7 Å². The van der Waals surface area contributed by atoms with Crippen molar-refractivity contribution in [3.05, 3.63) is 111 Å². The van der Waals surface area contributed by atoms with Crippen LogP contribution in [0.2, 0.25) is 5.02 Å². The summed E-state index contributed by atoms with van der Waals surface area (Å²) in [6.07, 6.45) is 2.59. The van der Waals surface area contributed by atoms with Gasteiger partial charge in [-0.2, -0.15) is 0 Å². The lowest BCUT2D eigenvalue weighted by atomic mass is 10.2. The fraction of sp³-hybridized carbons (Fsp3) is 0.0741. The predicted octanol–water partition coefficient (Wildman–Crippen LogP) is 4.80. The van der Waals surface area contributed by atoms with Gasteiger partial charge in [0, 0.05) is 12.3 Å². The third kappa shape index (κ3) is 5.10. The molecule has 1 atom stereocenters. The third-order valence-electron chi connectivity index (χ3n) is 5.66. The van der Waals surface area contributed by atoms with E-state index in [9.17, 15) is 18.0 Å². The number of anilines is 2. The Morgan fingerprint density at radius 2 is 1.79 bits per heavy atom. The highest BCUT2D eigenvalue weighted by Crippen LogP contribution is 2.26. The summed E-state index contributed by atoms with van der Waals surface area (Å²) in [6, 6.07) is 9.29. The zero-order chi connectivity index (χ0) is 27.7. The summed E-state index contributed by atoms with van der Waals surface area (Å²) in [4.78, 5) is 30.2. The van der Waals surface area contributed by atoms with Crippen LogP contribution >= 0.6 is 11.6 Å². The van der Waals surface area contributed by atoms with Crippen molar-refractivity contribution >= 4 is 34.1 Å². The SMILES string of the molecule is C[C@H](Nc1ncnc(N)c1C#Cc1ncccc1F)c1nc2cccc(Cl)c2c(=O)n1-c1cc(F)cc(F)c1. The van der Waals surface area contributed by atoms with Crippen LogP contribution in [0.3, 0.4) is 0 Å². The second-order valence-electron chi connectivity index (χ2n) is 8.30. The molecule has 12 heteroatoms. The van der Waals surface area contributed by atoms with E-state index in [2.05, 4.69) is 37.1 Å². The van der Waals surface area contributed by atoms with Crippen LogP contribution in [0.4, 0.5) is 24.8 Å². The largest absolute Gasteiger partial charge is 0.382 e. The Morgan fingerprint density at radius 3 is 2.54 bits per heavy atom. The van der Waals surface area contributed by atoms with Crippen LogP contribution in [-0.2, 0) is 0 Å². The number of benzene rings is 2. The Morgan fingerprint density at radius 1 is 1.03 bits per heavy atom. The molecule has 39 heavy (non-hydrogen) atoms. The molecule has 0 spiro atoms. The molecule has 8 nitrogen and oxygen atoms in total. The molecular weight excluding hydrogens is 531 g/mol. The van der Waals surface area contributed by atoms with Crippen LogP contribution in [0, 0.1) is 29.3 Å². The average Bonchev–Trinajstić information content (AvgIpc) is 2.88. The molecule has 0 fully saturated rings. The van der Waals surface area contributed by atoms with Gasteiger partial charge in [-0.3, -0.25) is 9.36 Å². The van der Waals surface area contributed by atoms with Crippen LogP contribution in [0.1, 0.15) is 30.0 Å². The van der Waals surface area contributed by atoms with E-state index >= 15 is 0 Å². The van der Waals surface area contributed by atoms with Crippen LogP contribution in [-0.4, -0.2) is 24.5 Å². The second kappa shape index (κ2) is 10.4. The first kappa shape index (κ1) is 25.7. The molecule has 3 aromatic heterocycles. The van der Waals surface area contributed by atoms with Crippen LogP contribution < -0.4 is 16.6 Å². The molecule has 0 aliphatic carbocycles. The van der Waals surface area contributed by atoms with E-state index < -0.39 is 29.1 Å². The maximum absolute atomic E-state index is 14.2. The van der Waals surface area contributed by atoms with Crippen molar-refractivity contribution < 1.29 is 13.2 Å². The summed E-state index contributed by atoms with van der Waals surface area (Å²) in [5.41, 5.74) is 5.62. The van der Waals surface area contributed by atoms with Gasteiger partial charge in [0.1, 0.15) is 46.7 Å². The van der Waals surface area contributed by atoms with Crippen molar-refractivity contribution in [1.82, 2.24) is 24.5 Å². The lowest BCUT2D eigenvalue weighted by molar-refractivity contribution is 0.579. The predicted molar refractivity (Wildman–Crippen MR) is 141 cm³/mol. The molecule has 0 unspecified atom stereocenters. The number of nitrogens with two attached hydrogens (primary N) is 1. The summed E-state index contributed by atoms with van der Waals surface area (Å²) < 4.78 is 43.4. The van der Waals surface area contributed by atoms with E-state index in [-0.39, 0.29) is 50.3 Å². The minimum absolute atomic E-state index is 0.00591. The number of nitrogens with zero attached hydrogens (tertiary/aromatic N) is 5. The van der Waals surface area contributed by atoms with Gasteiger partial charge in [-0.25, -0.2) is 33.1 Å². The number of rotatable bonds is 4. The summed E-state index contributed by atoms with van der Waals surface area (Å²) in [5.74, 6) is 3.20. The Balaban J connectivity index is 1.65. The molecule has 3 heterocycles. The quantitative estimate of drug-likeness (QED) is 0.311. The monoisotopic (exact) mass is 547 g/mol. The van der Waals surface area contributed by atoms with Gasteiger partial charge in [-0.15, -0.1) is 0 Å². The smallest absolute Gasteiger partial charge is 0.267 e. The first-order valence-electron chi connectivity index (χ1n) is 11.4. The number of halogens is 4. The highest BCUT2D eigenvalue weighted by atomic mass is 35.5. The second-order valence-corrected chi connectivity index (χ2v) is 8.71. The number of hydrogen-bond donors (Lipinski definition) is 2. The van der Waals surface area contributed by atoms with Gasteiger partial charge in [-0.05, 0) is 49.2 Å². The molecule has 0 saturated heterocycles. The molecule has 0 aliphatic heterocycles. The lowest BCUT2D eigenvalue weighted by Crippen LogP contribution is -2.28. The summed E-state index contributed by atoms with van der Waals surface area (Å²) >= 11 is 6.29. The molecule has 0 aliphatic rings. The summed E-state index contributed by atoms with van der Waals surface area (Å²) in [7, 11) is 0. The number of aromatic nitrogens is 5. The standard InChI is InChI=1S/C27H17ClF3N7O/c1-14(36-25-18(24(32)34-13-35-25)7-8-21-20(31)5-3-9-33-21)26-37-22-6-2-4-19(28)23(22)27(39)38(26)17-11-15(29)10-16(30)12-17/h2-6,9-14H,1H3,(H3,32,34,35,36)/t14-/m0/s1. The van der Waals surface area contributed by atoms with Crippen LogP contribution in [0.25, 0.3) is 16.6 Å². The van der Waals surface area contributed by atoms with Gasteiger partial charge in [-0.1, -0.05) is 23.6 Å². The molecule has 3 N–H and O–H groups in total. The van der Waals surface area contributed by atoms with Gasteiger partial charge < -0.3 is 11.1 Å². The number of fused-ring (bicyclic) bond motifs is 1. The highest BCUT2D eigenvalue weighted by molar-refractivity contribution is 6.35. The molecule has 0 radical (unpaired) electrons. The van der Waals surface area contributed by atoms with Gasteiger partial charge in [0.2, 0.25) is 0 Å². The minimum Gasteiger partial charge on any atom is -0.382 e. The van der Waals surface area contributed by atoms with Crippen LogP contribution in [0.5, 0.6) is 0 Å². The topological polar surface area (TPSA) is 112 Å². The first-order chi connectivity index (χ1) is 18.7. The van der Waals surface area contributed by atoms with Crippen molar-refractivity contribution in [2.45, 2.75) is 13.0 Å².